The molecule has 1 aromatic rings. The summed E-state index contributed by atoms with van der Waals surface area (Å²) in [6.45, 7) is 3.69. The number of nitrogens with zero attached hydrogens (tertiary/aromatic N) is 1. The molecule has 0 aromatic heterocycles. The predicted octanol–water partition coefficient (Wildman–Crippen LogP) is 2.31. The first-order chi connectivity index (χ1) is 8.97. The SMILES string of the molecule is CC(C)NC(=O)c1ccc(NC2CC2)c([N+](=O)[O-])c1. The number of nitro groups is 1. The summed E-state index contributed by atoms with van der Waals surface area (Å²) in [7, 11) is 0. The first-order valence-electron chi connectivity index (χ1n) is 6.33. The van der Waals surface area contributed by atoms with Gasteiger partial charge in [-0.05, 0) is 38.8 Å². The van der Waals surface area contributed by atoms with Crippen molar-refractivity contribution < 1.29 is 9.72 Å². The highest BCUT2D eigenvalue weighted by Gasteiger charge is 2.25. The van der Waals surface area contributed by atoms with Gasteiger partial charge in [0.1, 0.15) is 5.69 Å². The topological polar surface area (TPSA) is 84.3 Å². The summed E-state index contributed by atoms with van der Waals surface area (Å²) in [5.74, 6) is -0.295. The molecule has 0 heterocycles. The van der Waals surface area contributed by atoms with Crippen LogP contribution < -0.4 is 10.6 Å². The molecule has 0 spiro atoms. The minimum absolute atomic E-state index is 0.00387. The van der Waals surface area contributed by atoms with E-state index in [0.717, 1.165) is 12.8 Å². The van der Waals surface area contributed by atoms with Gasteiger partial charge in [0.15, 0.2) is 0 Å². The van der Waals surface area contributed by atoms with E-state index >= 15 is 0 Å². The van der Waals surface area contributed by atoms with Crippen molar-refractivity contribution in [1.82, 2.24) is 5.32 Å². The maximum Gasteiger partial charge on any atom is 0.293 e. The molecule has 0 unspecified atom stereocenters. The summed E-state index contributed by atoms with van der Waals surface area (Å²) >= 11 is 0. The molecule has 102 valence electrons. The number of rotatable bonds is 5. The second kappa shape index (κ2) is 5.26. The minimum Gasteiger partial charge on any atom is -0.377 e. The number of carbonyl (C=O) groups excluding carboxylic acids is 1. The standard InChI is InChI=1S/C13H17N3O3/c1-8(2)14-13(17)9-3-6-11(15-10-4-5-10)12(7-9)16(18)19/h3,6-8,10,15H,4-5H2,1-2H3,(H,14,17). The number of hydrogen-bond donors (Lipinski definition) is 2. The fourth-order valence-corrected chi connectivity index (χ4v) is 1.74. The Morgan fingerprint density at radius 2 is 2.11 bits per heavy atom. The Hall–Kier alpha value is -2.11. The van der Waals surface area contributed by atoms with Crippen LogP contribution in [-0.4, -0.2) is 22.9 Å². The molecule has 2 rings (SSSR count). The van der Waals surface area contributed by atoms with E-state index in [1.807, 2.05) is 13.8 Å². The lowest BCUT2D eigenvalue weighted by Gasteiger charge is -2.10. The second-order valence-corrected chi connectivity index (χ2v) is 5.04. The van der Waals surface area contributed by atoms with Gasteiger partial charge in [-0.2, -0.15) is 0 Å². The lowest BCUT2D eigenvalue weighted by atomic mass is 10.1. The van der Waals surface area contributed by atoms with E-state index in [-0.39, 0.29) is 17.6 Å². The minimum atomic E-state index is -0.461. The van der Waals surface area contributed by atoms with Crippen LogP contribution in [0.5, 0.6) is 0 Å². The van der Waals surface area contributed by atoms with Crippen molar-refractivity contribution in [2.45, 2.75) is 38.8 Å². The molecule has 0 atom stereocenters. The number of nitro benzene ring substituents is 1. The zero-order chi connectivity index (χ0) is 14.0. The third-order valence-corrected chi connectivity index (χ3v) is 2.81. The number of carbonyl (C=O) groups is 1. The van der Waals surface area contributed by atoms with Crippen molar-refractivity contribution in [1.29, 1.82) is 0 Å². The van der Waals surface area contributed by atoms with Gasteiger partial charge in [0.05, 0.1) is 4.92 Å². The number of hydrogen-bond acceptors (Lipinski definition) is 4. The van der Waals surface area contributed by atoms with Gasteiger partial charge in [0, 0.05) is 23.7 Å². The molecular formula is C13H17N3O3. The number of amides is 1. The van der Waals surface area contributed by atoms with Crippen LogP contribution in [0.15, 0.2) is 18.2 Å². The van der Waals surface area contributed by atoms with E-state index < -0.39 is 4.92 Å². The fraction of sp³-hybridized carbons (Fsp3) is 0.462. The van der Waals surface area contributed by atoms with E-state index in [0.29, 0.717) is 17.3 Å². The normalized spacial score (nSPS) is 14.3. The summed E-state index contributed by atoms with van der Waals surface area (Å²) in [6, 6.07) is 4.86. The maximum absolute atomic E-state index is 11.8. The molecule has 2 N–H and O–H groups in total. The zero-order valence-corrected chi connectivity index (χ0v) is 11.0. The zero-order valence-electron chi connectivity index (χ0n) is 11.0. The van der Waals surface area contributed by atoms with Crippen molar-refractivity contribution in [3.63, 3.8) is 0 Å². The highest BCUT2D eigenvalue weighted by molar-refractivity contribution is 5.95. The van der Waals surface area contributed by atoms with Crippen molar-refractivity contribution in [3.8, 4) is 0 Å². The van der Waals surface area contributed by atoms with Crippen LogP contribution in [0.1, 0.15) is 37.0 Å². The summed E-state index contributed by atoms with van der Waals surface area (Å²) in [5, 5.41) is 16.9. The summed E-state index contributed by atoms with van der Waals surface area (Å²) < 4.78 is 0. The summed E-state index contributed by atoms with van der Waals surface area (Å²) in [4.78, 5) is 22.4. The lowest BCUT2D eigenvalue weighted by Crippen LogP contribution is -2.30. The molecule has 1 saturated carbocycles. The smallest absolute Gasteiger partial charge is 0.293 e. The predicted molar refractivity (Wildman–Crippen MR) is 72.3 cm³/mol. The molecule has 0 bridgehead atoms. The molecule has 1 aliphatic carbocycles. The van der Waals surface area contributed by atoms with Crippen LogP contribution in [0.2, 0.25) is 0 Å². The first-order valence-corrected chi connectivity index (χ1v) is 6.33. The molecule has 6 nitrogen and oxygen atoms in total. The Balaban J connectivity index is 2.24. The van der Waals surface area contributed by atoms with Crippen LogP contribution in [0.25, 0.3) is 0 Å². The molecule has 0 aliphatic heterocycles. The average Bonchev–Trinajstić information content (AvgIpc) is 3.12. The molecule has 19 heavy (non-hydrogen) atoms. The van der Waals surface area contributed by atoms with Crippen LogP contribution >= 0.6 is 0 Å². The van der Waals surface area contributed by atoms with Gasteiger partial charge in [-0.3, -0.25) is 14.9 Å². The van der Waals surface area contributed by atoms with Gasteiger partial charge in [-0.1, -0.05) is 0 Å². The Labute approximate surface area is 111 Å². The van der Waals surface area contributed by atoms with Gasteiger partial charge in [-0.15, -0.1) is 0 Å². The maximum atomic E-state index is 11.8. The molecule has 1 aromatic carbocycles. The monoisotopic (exact) mass is 263 g/mol. The molecule has 0 radical (unpaired) electrons. The van der Waals surface area contributed by atoms with Gasteiger partial charge >= 0.3 is 0 Å². The largest absolute Gasteiger partial charge is 0.377 e. The lowest BCUT2D eigenvalue weighted by molar-refractivity contribution is -0.384. The van der Waals surface area contributed by atoms with E-state index in [1.54, 1.807) is 12.1 Å². The van der Waals surface area contributed by atoms with Crippen LogP contribution in [0.4, 0.5) is 11.4 Å². The molecular weight excluding hydrogens is 246 g/mol. The van der Waals surface area contributed by atoms with Gasteiger partial charge in [0.2, 0.25) is 0 Å². The molecule has 1 amide bonds. The Bertz CT molecular complexity index is 510. The van der Waals surface area contributed by atoms with E-state index in [9.17, 15) is 14.9 Å². The average molecular weight is 263 g/mol. The highest BCUT2D eigenvalue weighted by Crippen LogP contribution is 2.31. The first kappa shape index (κ1) is 13.3. The summed E-state index contributed by atoms with van der Waals surface area (Å²) in [5.41, 5.74) is 0.735. The number of nitrogens with one attached hydrogen (secondary N) is 2. The highest BCUT2D eigenvalue weighted by atomic mass is 16.6. The molecule has 1 aliphatic rings. The number of benzene rings is 1. The van der Waals surface area contributed by atoms with Crippen LogP contribution in [0, 0.1) is 10.1 Å². The Kier molecular flexibility index (Phi) is 3.69. The molecule has 6 heteroatoms. The van der Waals surface area contributed by atoms with E-state index in [4.69, 9.17) is 0 Å². The van der Waals surface area contributed by atoms with E-state index in [1.165, 1.54) is 6.07 Å². The van der Waals surface area contributed by atoms with E-state index in [2.05, 4.69) is 10.6 Å². The quantitative estimate of drug-likeness (QED) is 0.630. The Morgan fingerprint density at radius 3 is 2.63 bits per heavy atom. The molecule has 0 saturated heterocycles. The fourth-order valence-electron chi connectivity index (χ4n) is 1.74. The van der Waals surface area contributed by atoms with Crippen LogP contribution in [-0.2, 0) is 0 Å². The van der Waals surface area contributed by atoms with Gasteiger partial charge < -0.3 is 10.6 Å². The third-order valence-electron chi connectivity index (χ3n) is 2.81. The number of anilines is 1. The molecule has 1 fully saturated rings. The van der Waals surface area contributed by atoms with Gasteiger partial charge in [-0.25, -0.2) is 0 Å². The Morgan fingerprint density at radius 1 is 1.42 bits per heavy atom. The second-order valence-electron chi connectivity index (χ2n) is 5.04. The summed E-state index contributed by atoms with van der Waals surface area (Å²) in [6.07, 6.45) is 2.07. The van der Waals surface area contributed by atoms with Crippen molar-refractivity contribution in [3.05, 3.63) is 33.9 Å². The van der Waals surface area contributed by atoms with Crippen molar-refractivity contribution in [2.24, 2.45) is 0 Å². The van der Waals surface area contributed by atoms with Crippen LogP contribution in [0.3, 0.4) is 0 Å². The third kappa shape index (κ3) is 3.43. The van der Waals surface area contributed by atoms with Gasteiger partial charge in [0.25, 0.3) is 11.6 Å². The van der Waals surface area contributed by atoms with Crippen molar-refractivity contribution >= 4 is 17.3 Å². The van der Waals surface area contributed by atoms with Crippen molar-refractivity contribution in [2.75, 3.05) is 5.32 Å².